The van der Waals surface area contributed by atoms with Crippen molar-refractivity contribution in [3.8, 4) is 17.2 Å². The van der Waals surface area contributed by atoms with Gasteiger partial charge in [-0.15, -0.1) is 0 Å². The van der Waals surface area contributed by atoms with Crippen molar-refractivity contribution in [3.63, 3.8) is 0 Å². The number of anilines is 2. The number of hydrogen-bond donors (Lipinski definition) is 0. The molecule has 33 heavy (non-hydrogen) atoms. The molecule has 1 unspecified atom stereocenters. The number of ether oxygens (including phenoxy) is 4. The van der Waals surface area contributed by atoms with Crippen LogP contribution >= 0.6 is 0 Å². The summed E-state index contributed by atoms with van der Waals surface area (Å²) >= 11 is 0. The van der Waals surface area contributed by atoms with Gasteiger partial charge < -0.3 is 28.7 Å². The van der Waals surface area contributed by atoms with Crippen LogP contribution in [0.3, 0.4) is 0 Å². The van der Waals surface area contributed by atoms with Crippen molar-refractivity contribution in [2.24, 2.45) is 0 Å². The maximum Gasteiger partial charge on any atom is 0.231 e. The van der Waals surface area contributed by atoms with Gasteiger partial charge in [0.25, 0.3) is 0 Å². The van der Waals surface area contributed by atoms with Crippen LogP contribution in [0.25, 0.3) is 0 Å². The molecule has 1 fully saturated rings. The van der Waals surface area contributed by atoms with Gasteiger partial charge in [0.1, 0.15) is 18.2 Å². The van der Waals surface area contributed by atoms with E-state index in [1.807, 2.05) is 12.3 Å². The van der Waals surface area contributed by atoms with Crippen LogP contribution in [0.4, 0.5) is 11.5 Å². The number of fused-ring (bicyclic) bond motifs is 5. The molecule has 5 heterocycles. The lowest BCUT2D eigenvalue weighted by atomic mass is 9.77. The van der Waals surface area contributed by atoms with Crippen molar-refractivity contribution < 1.29 is 18.9 Å². The molecule has 4 aliphatic rings. The summed E-state index contributed by atoms with van der Waals surface area (Å²) in [4.78, 5) is 9.48. The highest BCUT2D eigenvalue weighted by atomic mass is 16.7. The van der Waals surface area contributed by atoms with E-state index in [9.17, 15) is 0 Å². The first-order chi connectivity index (χ1) is 16.3. The Morgan fingerprint density at radius 2 is 1.73 bits per heavy atom. The fourth-order valence-corrected chi connectivity index (χ4v) is 5.55. The first kappa shape index (κ1) is 19.1. The Kier molecular flexibility index (Phi) is 4.21. The van der Waals surface area contributed by atoms with Crippen LogP contribution in [-0.2, 0) is 16.7 Å². The van der Waals surface area contributed by atoms with E-state index in [1.165, 1.54) is 22.4 Å². The Labute approximate surface area is 192 Å². The molecule has 2 aromatic carbocycles. The number of pyridine rings is 1. The molecule has 0 amide bonds. The summed E-state index contributed by atoms with van der Waals surface area (Å²) in [5.41, 5.74) is 4.73. The Morgan fingerprint density at radius 1 is 0.879 bits per heavy atom. The summed E-state index contributed by atoms with van der Waals surface area (Å²) in [7, 11) is 0. The smallest absolute Gasteiger partial charge is 0.231 e. The number of aromatic nitrogens is 1. The predicted octanol–water partition coefficient (Wildman–Crippen LogP) is 3.35. The normalized spacial score (nSPS) is 22.4. The molecule has 3 aromatic rings. The molecule has 1 aromatic heterocycles. The van der Waals surface area contributed by atoms with Gasteiger partial charge in [0.2, 0.25) is 6.79 Å². The summed E-state index contributed by atoms with van der Waals surface area (Å²) in [6.07, 6.45) is 2.01. The molecule has 4 aliphatic heterocycles. The van der Waals surface area contributed by atoms with Crippen molar-refractivity contribution >= 4 is 11.5 Å². The van der Waals surface area contributed by atoms with Crippen LogP contribution in [0, 0.1) is 0 Å². The van der Waals surface area contributed by atoms with Gasteiger partial charge in [0.05, 0.1) is 18.6 Å². The zero-order chi connectivity index (χ0) is 21.8. The van der Waals surface area contributed by atoms with E-state index in [2.05, 4.69) is 52.3 Å². The van der Waals surface area contributed by atoms with E-state index in [0.717, 1.165) is 62.5 Å². The quantitative estimate of drug-likeness (QED) is 0.615. The molecule has 1 atom stereocenters. The van der Waals surface area contributed by atoms with E-state index >= 15 is 0 Å². The van der Waals surface area contributed by atoms with Gasteiger partial charge in [-0.1, -0.05) is 24.3 Å². The van der Waals surface area contributed by atoms with Gasteiger partial charge in [0, 0.05) is 49.7 Å². The summed E-state index contributed by atoms with van der Waals surface area (Å²) in [6, 6.07) is 17.1. The Balaban J connectivity index is 1.20. The van der Waals surface area contributed by atoms with E-state index in [0.29, 0.717) is 6.61 Å². The van der Waals surface area contributed by atoms with Gasteiger partial charge in [-0.2, -0.15) is 0 Å². The maximum atomic E-state index is 6.21. The Hall–Kier alpha value is -3.45. The third-order valence-electron chi connectivity index (χ3n) is 7.20. The zero-order valence-electron chi connectivity index (χ0n) is 18.3. The maximum absolute atomic E-state index is 6.21. The number of benzene rings is 2. The second-order valence-electron chi connectivity index (χ2n) is 9.07. The SMILES string of the molecule is c1ccc2c(c1)N(Cc1ccc(N3CCOCC3)nc1)CC21COc2cc3c(cc21)OCO3. The monoisotopic (exact) mass is 443 g/mol. The topological polar surface area (TPSA) is 56.3 Å². The van der Waals surface area contributed by atoms with Gasteiger partial charge in [-0.3, -0.25) is 0 Å². The van der Waals surface area contributed by atoms with Crippen LogP contribution in [0.1, 0.15) is 16.7 Å². The van der Waals surface area contributed by atoms with Crippen molar-refractivity contribution in [1.82, 2.24) is 4.98 Å². The van der Waals surface area contributed by atoms with Gasteiger partial charge in [-0.25, -0.2) is 4.98 Å². The van der Waals surface area contributed by atoms with Crippen molar-refractivity contribution in [2.45, 2.75) is 12.0 Å². The second-order valence-corrected chi connectivity index (χ2v) is 9.07. The molecule has 168 valence electrons. The summed E-state index contributed by atoms with van der Waals surface area (Å²) in [6.45, 7) is 5.85. The number of para-hydroxylation sites is 1. The molecule has 7 nitrogen and oxygen atoms in total. The van der Waals surface area contributed by atoms with Gasteiger partial charge in [-0.05, 0) is 29.3 Å². The number of rotatable bonds is 3. The van der Waals surface area contributed by atoms with Gasteiger partial charge >= 0.3 is 0 Å². The highest BCUT2D eigenvalue weighted by Crippen LogP contribution is 2.54. The molecular formula is C26H25N3O4. The molecule has 1 spiro atoms. The Morgan fingerprint density at radius 3 is 2.58 bits per heavy atom. The molecular weight excluding hydrogens is 418 g/mol. The van der Waals surface area contributed by atoms with Crippen molar-refractivity contribution in [1.29, 1.82) is 0 Å². The van der Waals surface area contributed by atoms with E-state index in [4.69, 9.17) is 23.9 Å². The van der Waals surface area contributed by atoms with Crippen LogP contribution in [0.2, 0.25) is 0 Å². The zero-order valence-corrected chi connectivity index (χ0v) is 18.3. The first-order valence-corrected chi connectivity index (χ1v) is 11.5. The number of nitrogens with zero attached hydrogens (tertiary/aromatic N) is 3. The minimum atomic E-state index is -0.214. The van der Waals surface area contributed by atoms with E-state index in [1.54, 1.807) is 0 Å². The standard InChI is InChI=1S/C26H25N3O4/c1-2-4-21-19(3-1)26(16-31-22-12-24-23(11-20(22)26)32-17-33-24)15-29(21)14-18-5-6-25(27-13-18)28-7-9-30-10-8-28/h1-6,11-13H,7-10,14-17H2. The summed E-state index contributed by atoms with van der Waals surface area (Å²) < 4.78 is 22.9. The van der Waals surface area contributed by atoms with Crippen LogP contribution in [-0.4, -0.2) is 51.2 Å². The first-order valence-electron chi connectivity index (χ1n) is 11.5. The van der Waals surface area contributed by atoms with Crippen molar-refractivity contribution in [3.05, 3.63) is 71.4 Å². The molecule has 1 saturated heterocycles. The third kappa shape index (κ3) is 2.95. The molecule has 0 N–H and O–H groups in total. The number of hydrogen-bond acceptors (Lipinski definition) is 7. The highest BCUT2D eigenvalue weighted by molar-refractivity contribution is 5.71. The summed E-state index contributed by atoms with van der Waals surface area (Å²) in [5.74, 6) is 3.49. The molecule has 0 aliphatic carbocycles. The molecule has 0 saturated carbocycles. The van der Waals surface area contributed by atoms with Crippen molar-refractivity contribution in [2.75, 3.05) is 56.0 Å². The lowest BCUT2D eigenvalue weighted by Gasteiger charge is -2.28. The fraction of sp³-hybridized carbons (Fsp3) is 0.346. The largest absolute Gasteiger partial charge is 0.492 e. The highest BCUT2D eigenvalue weighted by Gasteiger charge is 2.50. The lowest BCUT2D eigenvalue weighted by molar-refractivity contribution is 0.122. The number of morpholine rings is 1. The van der Waals surface area contributed by atoms with E-state index in [-0.39, 0.29) is 12.2 Å². The summed E-state index contributed by atoms with van der Waals surface area (Å²) in [5, 5.41) is 0. The average Bonchev–Trinajstić information content (AvgIpc) is 3.56. The van der Waals surface area contributed by atoms with Crippen LogP contribution in [0.5, 0.6) is 17.2 Å². The third-order valence-corrected chi connectivity index (χ3v) is 7.20. The minimum absolute atomic E-state index is 0.214. The second kappa shape index (κ2) is 7.28. The molecule has 7 heteroatoms. The fourth-order valence-electron chi connectivity index (χ4n) is 5.55. The average molecular weight is 444 g/mol. The van der Waals surface area contributed by atoms with Crippen LogP contribution in [0.15, 0.2) is 54.7 Å². The molecule has 0 bridgehead atoms. The van der Waals surface area contributed by atoms with Crippen LogP contribution < -0.4 is 24.0 Å². The molecule has 7 rings (SSSR count). The molecule has 0 radical (unpaired) electrons. The Bertz CT molecular complexity index is 1210. The van der Waals surface area contributed by atoms with E-state index < -0.39 is 0 Å². The van der Waals surface area contributed by atoms with Gasteiger partial charge in [0.15, 0.2) is 11.5 Å². The predicted molar refractivity (Wildman–Crippen MR) is 124 cm³/mol. The lowest BCUT2D eigenvalue weighted by Crippen LogP contribution is -2.37. The minimum Gasteiger partial charge on any atom is -0.492 e.